The summed E-state index contributed by atoms with van der Waals surface area (Å²) in [7, 11) is 4.21. The second-order valence-electron chi connectivity index (χ2n) is 6.04. The molecule has 0 saturated carbocycles. The lowest BCUT2D eigenvalue weighted by Crippen LogP contribution is -2.19. The van der Waals surface area contributed by atoms with Crippen molar-refractivity contribution in [1.29, 1.82) is 0 Å². The Hall–Kier alpha value is -1.71. The Balaban J connectivity index is 1.84. The van der Waals surface area contributed by atoms with Crippen molar-refractivity contribution in [2.24, 2.45) is 0 Å². The number of benzene rings is 2. The van der Waals surface area contributed by atoms with Gasteiger partial charge in [0, 0.05) is 23.4 Å². The zero-order valence-electron chi connectivity index (χ0n) is 13.7. The summed E-state index contributed by atoms with van der Waals surface area (Å²) in [4.78, 5) is 3.52. The first kappa shape index (κ1) is 16.2. The van der Waals surface area contributed by atoms with Crippen LogP contribution in [0, 0.1) is 0 Å². The Bertz CT molecular complexity index is 667. The number of hydrogen-bond acceptors (Lipinski definition) is 3. The molecule has 0 fully saturated rings. The molecular formula is C20H23NOS. The Kier molecular flexibility index (Phi) is 5.42. The monoisotopic (exact) mass is 325 g/mol. The van der Waals surface area contributed by atoms with Crippen molar-refractivity contribution in [2.75, 3.05) is 20.6 Å². The maximum atomic E-state index is 6.48. The highest BCUT2D eigenvalue weighted by Crippen LogP contribution is 2.37. The van der Waals surface area contributed by atoms with E-state index >= 15 is 0 Å². The molecule has 1 heterocycles. The van der Waals surface area contributed by atoms with Crippen LogP contribution in [0.3, 0.4) is 0 Å². The topological polar surface area (TPSA) is 12.5 Å². The first-order valence-corrected chi connectivity index (χ1v) is 8.92. The number of ether oxygens (including phenoxy) is 1. The van der Waals surface area contributed by atoms with E-state index in [2.05, 4.69) is 79.0 Å². The second-order valence-corrected chi connectivity index (χ2v) is 6.98. The van der Waals surface area contributed by atoms with Crippen LogP contribution in [0.15, 0.2) is 64.9 Å². The van der Waals surface area contributed by atoms with E-state index in [9.17, 15) is 0 Å². The number of rotatable bonds is 6. The summed E-state index contributed by atoms with van der Waals surface area (Å²) in [5.41, 5.74) is 2.55. The molecule has 2 nitrogen and oxygen atoms in total. The number of thioether (sulfide) groups is 1. The van der Waals surface area contributed by atoms with Gasteiger partial charge in [-0.25, -0.2) is 0 Å². The lowest BCUT2D eigenvalue weighted by Gasteiger charge is -2.24. The molecule has 3 heteroatoms. The lowest BCUT2D eigenvalue weighted by atomic mass is 10.1. The van der Waals surface area contributed by atoms with Crippen LogP contribution in [0.4, 0.5) is 0 Å². The van der Waals surface area contributed by atoms with Gasteiger partial charge in [-0.3, -0.25) is 0 Å². The van der Waals surface area contributed by atoms with Crippen LogP contribution in [-0.4, -0.2) is 25.5 Å². The summed E-state index contributed by atoms with van der Waals surface area (Å²) >= 11 is 1.78. The van der Waals surface area contributed by atoms with E-state index in [4.69, 9.17) is 4.74 Å². The predicted octanol–water partition coefficient (Wildman–Crippen LogP) is 4.92. The van der Waals surface area contributed by atoms with Crippen molar-refractivity contribution in [3.63, 3.8) is 0 Å². The number of nitrogens with zero attached hydrogens (tertiary/aromatic N) is 1. The van der Waals surface area contributed by atoms with E-state index in [1.165, 1.54) is 16.0 Å². The molecule has 0 saturated heterocycles. The van der Waals surface area contributed by atoms with Crippen LogP contribution >= 0.6 is 11.8 Å². The van der Waals surface area contributed by atoms with Gasteiger partial charge in [0.2, 0.25) is 0 Å². The van der Waals surface area contributed by atoms with Crippen LogP contribution in [-0.2, 0) is 6.42 Å². The van der Waals surface area contributed by atoms with Gasteiger partial charge in [0.1, 0.15) is 11.9 Å². The molecular weight excluding hydrogens is 302 g/mol. The molecule has 2 aromatic rings. The molecule has 120 valence electrons. The van der Waals surface area contributed by atoms with Gasteiger partial charge in [0.25, 0.3) is 0 Å². The molecule has 0 radical (unpaired) electrons. The van der Waals surface area contributed by atoms with E-state index in [1.807, 2.05) is 0 Å². The fraction of sp³-hybridized carbons (Fsp3) is 0.300. The van der Waals surface area contributed by atoms with Gasteiger partial charge >= 0.3 is 0 Å². The summed E-state index contributed by atoms with van der Waals surface area (Å²) in [6, 6.07) is 16.9. The number of hydrogen-bond donors (Lipinski definition) is 0. The third-order valence-corrected chi connectivity index (χ3v) is 4.95. The average Bonchev–Trinajstić information content (AvgIpc) is 2.59. The molecule has 1 aliphatic rings. The number of fused-ring (bicyclic) bond motifs is 1. The Morgan fingerprint density at radius 3 is 2.70 bits per heavy atom. The zero-order chi connectivity index (χ0) is 16.1. The molecule has 1 atom stereocenters. The summed E-state index contributed by atoms with van der Waals surface area (Å²) < 4.78 is 6.48. The Labute approximate surface area is 143 Å². The van der Waals surface area contributed by atoms with E-state index in [-0.39, 0.29) is 6.10 Å². The highest BCUT2D eigenvalue weighted by molar-refractivity contribution is 8.02. The maximum absolute atomic E-state index is 6.48. The zero-order valence-corrected chi connectivity index (χ0v) is 14.6. The quantitative estimate of drug-likeness (QED) is 0.748. The van der Waals surface area contributed by atoms with Crippen molar-refractivity contribution in [3.05, 3.63) is 71.1 Å². The molecule has 0 aliphatic carbocycles. The smallest absolute Gasteiger partial charge is 0.125 e. The molecule has 1 aliphatic heterocycles. The predicted molar refractivity (Wildman–Crippen MR) is 98.1 cm³/mol. The summed E-state index contributed by atoms with van der Waals surface area (Å²) in [6.45, 7) is 1.00. The molecule has 23 heavy (non-hydrogen) atoms. The highest BCUT2D eigenvalue weighted by Gasteiger charge is 2.18. The summed E-state index contributed by atoms with van der Waals surface area (Å²) in [5, 5.41) is 2.16. The number of allylic oxidation sites excluding steroid dienone is 1. The minimum absolute atomic E-state index is 0.0843. The van der Waals surface area contributed by atoms with Gasteiger partial charge in [0.15, 0.2) is 0 Å². The van der Waals surface area contributed by atoms with E-state index in [1.54, 1.807) is 11.8 Å². The van der Waals surface area contributed by atoms with Crippen molar-refractivity contribution < 1.29 is 4.74 Å². The molecule has 0 spiro atoms. The van der Waals surface area contributed by atoms with E-state index < -0.39 is 0 Å². The minimum atomic E-state index is 0.0843. The third kappa shape index (κ3) is 4.18. The van der Waals surface area contributed by atoms with Crippen LogP contribution in [0.5, 0.6) is 5.75 Å². The van der Waals surface area contributed by atoms with Gasteiger partial charge in [-0.2, -0.15) is 0 Å². The molecule has 3 rings (SSSR count). The van der Waals surface area contributed by atoms with Crippen LogP contribution in [0.1, 0.15) is 23.7 Å². The van der Waals surface area contributed by atoms with Gasteiger partial charge in [-0.1, -0.05) is 54.2 Å². The Morgan fingerprint density at radius 1 is 1.09 bits per heavy atom. The summed E-state index contributed by atoms with van der Waals surface area (Å²) in [6.07, 6.45) is 4.22. The van der Waals surface area contributed by atoms with E-state index in [0.717, 1.165) is 25.1 Å². The average molecular weight is 325 g/mol. The van der Waals surface area contributed by atoms with Crippen LogP contribution in [0.2, 0.25) is 0 Å². The first-order chi connectivity index (χ1) is 11.2. The molecule has 0 N–H and O–H groups in total. The molecule has 1 unspecified atom stereocenters. The summed E-state index contributed by atoms with van der Waals surface area (Å²) in [5.74, 6) is 1.02. The van der Waals surface area contributed by atoms with E-state index in [0.29, 0.717) is 0 Å². The van der Waals surface area contributed by atoms with Gasteiger partial charge in [0.05, 0.1) is 0 Å². The van der Waals surface area contributed by atoms with Crippen LogP contribution < -0.4 is 4.74 Å². The maximum Gasteiger partial charge on any atom is 0.125 e. The fourth-order valence-electron chi connectivity index (χ4n) is 2.74. The van der Waals surface area contributed by atoms with Crippen molar-refractivity contribution in [1.82, 2.24) is 4.90 Å². The molecule has 0 amide bonds. The molecule has 2 aromatic carbocycles. The normalized spacial score (nSPS) is 14.6. The lowest BCUT2D eigenvalue weighted by molar-refractivity contribution is 0.177. The van der Waals surface area contributed by atoms with Crippen molar-refractivity contribution in [3.8, 4) is 5.75 Å². The Morgan fingerprint density at radius 2 is 1.91 bits per heavy atom. The fourth-order valence-corrected chi connectivity index (χ4v) is 3.57. The SMILES string of the molecule is CN(C)CCC(Oc1cccc2c1CC=CS2)c1ccccc1. The second kappa shape index (κ2) is 7.71. The largest absolute Gasteiger partial charge is 0.485 e. The molecule has 0 aromatic heterocycles. The van der Waals surface area contributed by atoms with Gasteiger partial charge < -0.3 is 9.64 Å². The molecule has 0 bridgehead atoms. The minimum Gasteiger partial charge on any atom is -0.485 e. The van der Waals surface area contributed by atoms with Crippen molar-refractivity contribution >= 4 is 11.8 Å². The highest BCUT2D eigenvalue weighted by atomic mass is 32.2. The first-order valence-electron chi connectivity index (χ1n) is 8.04. The van der Waals surface area contributed by atoms with Crippen molar-refractivity contribution in [2.45, 2.75) is 23.8 Å². The van der Waals surface area contributed by atoms with Gasteiger partial charge in [-0.15, -0.1) is 0 Å². The van der Waals surface area contributed by atoms with Crippen LogP contribution in [0.25, 0.3) is 0 Å². The standard InChI is InChI=1S/C20H23NOS/c1-21(2)14-13-18(16-8-4-3-5-9-16)22-19-11-6-12-20-17(19)10-7-15-23-20/h3-9,11-12,15,18H,10,13-14H2,1-2H3. The third-order valence-electron chi connectivity index (χ3n) is 3.98. The van der Waals surface area contributed by atoms with Gasteiger partial charge in [-0.05, 0) is 43.6 Å².